The van der Waals surface area contributed by atoms with E-state index in [4.69, 9.17) is 15.7 Å². The topological polar surface area (TPSA) is 111 Å². The molecule has 9 nitrogen and oxygen atoms in total. The van der Waals surface area contributed by atoms with Crippen molar-refractivity contribution in [3.8, 4) is 11.5 Å². The van der Waals surface area contributed by atoms with Crippen molar-refractivity contribution in [2.75, 3.05) is 30.0 Å². The van der Waals surface area contributed by atoms with Gasteiger partial charge in [-0.15, -0.1) is 0 Å². The molecule has 0 saturated heterocycles. The van der Waals surface area contributed by atoms with Gasteiger partial charge in [-0.25, -0.2) is 19.9 Å². The van der Waals surface area contributed by atoms with Crippen LogP contribution in [0.4, 0.5) is 23.3 Å². The van der Waals surface area contributed by atoms with Gasteiger partial charge >= 0.3 is 0 Å². The monoisotopic (exact) mass is 387 g/mol. The number of nitrogens with one attached hydrogen (secondary N) is 1. The first-order chi connectivity index (χ1) is 14.1. The zero-order valence-electron chi connectivity index (χ0n) is 16.2. The normalized spacial score (nSPS) is 13.6. The molecule has 3 aromatic heterocycles. The molecule has 0 spiro atoms. The molecule has 29 heavy (non-hydrogen) atoms. The zero-order valence-corrected chi connectivity index (χ0v) is 16.2. The van der Waals surface area contributed by atoms with Gasteiger partial charge in [-0.05, 0) is 43.2 Å². The molecule has 0 atom stereocenters. The lowest BCUT2D eigenvalue weighted by atomic mass is 10.2. The first-order valence-corrected chi connectivity index (χ1v) is 9.47. The molecule has 5 rings (SSSR count). The van der Waals surface area contributed by atoms with Crippen LogP contribution in [0.1, 0.15) is 18.9 Å². The van der Waals surface area contributed by atoms with E-state index < -0.39 is 0 Å². The Hall–Kier alpha value is -3.75. The van der Waals surface area contributed by atoms with Crippen LogP contribution >= 0.6 is 0 Å². The fraction of sp³-hybridized carbons (Fsp3) is 0.250. The highest BCUT2D eigenvalue weighted by Gasteiger charge is 2.30. The minimum Gasteiger partial charge on any atom is -0.378 e. The molecule has 1 fully saturated rings. The summed E-state index contributed by atoms with van der Waals surface area (Å²) in [5.74, 6) is 1.51. The molecule has 1 aliphatic rings. The van der Waals surface area contributed by atoms with Gasteiger partial charge in [0.2, 0.25) is 11.9 Å². The lowest BCUT2D eigenvalue weighted by Crippen LogP contribution is -2.08. The number of nitrogens with two attached hydrogens (primary N) is 1. The fourth-order valence-electron chi connectivity index (χ4n) is 3.28. The summed E-state index contributed by atoms with van der Waals surface area (Å²) < 4.78 is 2.14. The largest absolute Gasteiger partial charge is 0.378 e. The van der Waals surface area contributed by atoms with Crippen molar-refractivity contribution in [3.63, 3.8) is 0 Å². The molecule has 0 bridgehead atoms. The molecule has 1 aliphatic carbocycles. The Morgan fingerprint density at radius 1 is 1.03 bits per heavy atom. The third kappa shape index (κ3) is 3.31. The molecule has 0 amide bonds. The molecule has 1 saturated carbocycles. The van der Waals surface area contributed by atoms with Crippen molar-refractivity contribution in [3.05, 3.63) is 42.7 Å². The lowest BCUT2D eigenvalue weighted by molar-refractivity contribution is 0.763. The highest BCUT2D eigenvalue weighted by Crippen LogP contribution is 2.40. The Morgan fingerprint density at radius 2 is 1.83 bits per heavy atom. The van der Waals surface area contributed by atoms with E-state index in [-0.39, 0.29) is 5.95 Å². The summed E-state index contributed by atoms with van der Waals surface area (Å²) >= 11 is 0. The lowest BCUT2D eigenvalue weighted by Gasteiger charge is -2.13. The van der Waals surface area contributed by atoms with Crippen LogP contribution in [-0.4, -0.2) is 43.6 Å². The highest BCUT2D eigenvalue weighted by molar-refractivity contribution is 5.77. The van der Waals surface area contributed by atoms with E-state index in [1.165, 1.54) is 0 Å². The fourth-order valence-corrected chi connectivity index (χ4v) is 3.28. The zero-order chi connectivity index (χ0) is 20.0. The summed E-state index contributed by atoms with van der Waals surface area (Å²) in [7, 11) is 4.03. The van der Waals surface area contributed by atoms with Crippen molar-refractivity contribution in [2.45, 2.75) is 18.9 Å². The van der Waals surface area contributed by atoms with E-state index in [0.29, 0.717) is 17.7 Å². The minimum atomic E-state index is 0.228. The molecular formula is C20H21N9. The second-order valence-electron chi connectivity index (χ2n) is 7.31. The standard InChI is InChI=1S/C20H21N9/c1-28(2)13-5-3-12(4-6-13)24-20-23-11-16-18(27-20)29(14-7-8-14)17(25-16)15-9-10-22-19(21)26-15/h3-6,9-11,14H,7-8H2,1-2H3,(H2,21,22,26)(H,23,24,27). The third-order valence-corrected chi connectivity index (χ3v) is 4.89. The molecular weight excluding hydrogens is 366 g/mol. The number of benzene rings is 1. The third-order valence-electron chi connectivity index (χ3n) is 4.89. The Balaban J connectivity index is 1.53. The Morgan fingerprint density at radius 3 is 2.52 bits per heavy atom. The number of nitrogen functional groups attached to an aromatic ring is 1. The van der Waals surface area contributed by atoms with Crippen molar-refractivity contribution < 1.29 is 0 Å². The number of hydrogen-bond acceptors (Lipinski definition) is 8. The molecule has 4 aromatic rings. The summed E-state index contributed by atoms with van der Waals surface area (Å²) in [5, 5.41) is 3.28. The number of nitrogens with zero attached hydrogens (tertiary/aromatic N) is 7. The maximum Gasteiger partial charge on any atom is 0.229 e. The first kappa shape index (κ1) is 17.4. The second-order valence-corrected chi connectivity index (χ2v) is 7.31. The molecule has 1 aromatic carbocycles. The Labute approximate surface area is 167 Å². The van der Waals surface area contributed by atoms with Gasteiger partial charge < -0.3 is 20.5 Å². The average molecular weight is 387 g/mol. The predicted octanol–water partition coefficient (Wildman–Crippen LogP) is 3.01. The van der Waals surface area contributed by atoms with Gasteiger partial charge in [-0.3, -0.25) is 0 Å². The summed E-state index contributed by atoms with van der Waals surface area (Å²) in [6.45, 7) is 0. The van der Waals surface area contributed by atoms with Crippen LogP contribution in [0.2, 0.25) is 0 Å². The van der Waals surface area contributed by atoms with E-state index in [2.05, 4.69) is 29.7 Å². The molecule has 0 unspecified atom stereocenters. The highest BCUT2D eigenvalue weighted by atomic mass is 15.2. The van der Waals surface area contributed by atoms with Crippen LogP contribution in [0, 0.1) is 0 Å². The molecule has 0 radical (unpaired) electrons. The molecule has 9 heteroatoms. The van der Waals surface area contributed by atoms with Crippen molar-refractivity contribution in [1.82, 2.24) is 29.5 Å². The van der Waals surface area contributed by atoms with Gasteiger partial charge in [-0.1, -0.05) is 0 Å². The van der Waals surface area contributed by atoms with Crippen molar-refractivity contribution in [2.24, 2.45) is 0 Å². The maximum atomic E-state index is 5.77. The van der Waals surface area contributed by atoms with E-state index in [1.807, 2.05) is 44.4 Å². The van der Waals surface area contributed by atoms with E-state index in [0.717, 1.165) is 41.2 Å². The van der Waals surface area contributed by atoms with E-state index in [1.54, 1.807) is 12.4 Å². The van der Waals surface area contributed by atoms with Crippen LogP contribution in [0.15, 0.2) is 42.7 Å². The Bertz CT molecular complexity index is 1180. The predicted molar refractivity (Wildman–Crippen MR) is 113 cm³/mol. The van der Waals surface area contributed by atoms with Crippen molar-refractivity contribution in [1.29, 1.82) is 0 Å². The summed E-state index contributed by atoms with van der Waals surface area (Å²) in [4.78, 5) is 24.3. The number of hydrogen-bond donors (Lipinski definition) is 2. The molecule has 3 heterocycles. The van der Waals surface area contributed by atoms with E-state index >= 15 is 0 Å². The molecule has 146 valence electrons. The van der Waals surface area contributed by atoms with Crippen LogP contribution in [0.25, 0.3) is 22.7 Å². The van der Waals surface area contributed by atoms with Crippen LogP contribution < -0.4 is 16.0 Å². The molecule has 3 N–H and O–H groups in total. The Kier molecular flexibility index (Phi) is 4.01. The summed E-state index contributed by atoms with van der Waals surface area (Å²) in [5.41, 5.74) is 10.0. The second kappa shape index (κ2) is 6.69. The molecule has 0 aliphatic heterocycles. The quantitative estimate of drug-likeness (QED) is 0.538. The van der Waals surface area contributed by atoms with Crippen molar-refractivity contribution >= 4 is 34.4 Å². The summed E-state index contributed by atoms with van der Waals surface area (Å²) in [6.07, 6.45) is 5.58. The number of anilines is 4. The van der Waals surface area contributed by atoms with Crippen LogP contribution in [-0.2, 0) is 0 Å². The number of rotatable bonds is 5. The van der Waals surface area contributed by atoms with Gasteiger partial charge in [0, 0.05) is 37.7 Å². The van der Waals surface area contributed by atoms with Gasteiger partial charge in [0.05, 0.1) is 6.20 Å². The van der Waals surface area contributed by atoms with Crippen LogP contribution in [0.5, 0.6) is 0 Å². The SMILES string of the molecule is CN(C)c1ccc(Nc2ncc3nc(-c4ccnc(N)n4)n(C4CC4)c3n2)cc1. The number of imidazole rings is 1. The first-order valence-electron chi connectivity index (χ1n) is 9.47. The number of aromatic nitrogens is 6. The smallest absolute Gasteiger partial charge is 0.229 e. The maximum absolute atomic E-state index is 5.77. The van der Waals surface area contributed by atoms with Gasteiger partial charge in [-0.2, -0.15) is 4.98 Å². The minimum absolute atomic E-state index is 0.228. The van der Waals surface area contributed by atoms with Gasteiger partial charge in [0.1, 0.15) is 11.2 Å². The van der Waals surface area contributed by atoms with Crippen LogP contribution in [0.3, 0.4) is 0 Å². The van der Waals surface area contributed by atoms with E-state index in [9.17, 15) is 0 Å². The summed E-state index contributed by atoms with van der Waals surface area (Å²) in [6, 6.07) is 10.3. The average Bonchev–Trinajstić information content (AvgIpc) is 3.48. The van der Waals surface area contributed by atoms with Gasteiger partial charge in [0.15, 0.2) is 11.5 Å². The van der Waals surface area contributed by atoms with Gasteiger partial charge in [0.25, 0.3) is 0 Å². The number of fused-ring (bicyclic) bond motifs is 1.